The molecule has 2 heterocycles. The Labute approximate surface area is 318 Å². The fraction of sp³-hybridized carbons (Fsp3) is 0.900. The summed E-state index contributed by atoms with van der Waals surface area (Å²) in [6.45, 7) is 12.4. The molecule has 0 aromatic rings. The van der Waals surface area contributed by atoms with E-state index in [1.165, 1.54) is 7.11 Å². The van der Waals surface area contributed by atoms with Crippen molar-refractivity contribution in [1.82, 2.24) is 0 Å². The molecule has 9 N–H and O–H groups in total. The zero-order chi connectivity index (χ0) is 39.5. The van der Waals surface area contributed by atoms with Crippen molar-refractivity contribution >= 4 is 0 Å². The van der Waals surface area contributed by atoms with Gasteiger partial charge in [0.1, 0.15) is 36.6 Å². The van der Waals surface area contributed by atoms with Crippen molar-refractivity contribution in [2.75, 3.05) is 26.9 Å². The molecule has 54 heavy (non-hydrogen) atoms. The van der Waals surface area contributed by atoms with Crippen LogP contribution < -0.4 is 0 Å². The number of rotatable bonds is 12. The van der Waals surface area contributed by atoms with Gasteiger partial charge in [-0.1, -0.05) is 39.0 Å². The van der Waals surface area contributed by atoms with Gasteiger partial charge in [-0.3, -0.25) is 0 Å². The predicted molar refractivity (Wildman–Crippen MR) is 193 cm³/mol. The summed E-state index contributed by atoms with van der Waals surface area (Å²) in [7, 11) is 1.42. The fourth-order valence-corrected chi connectivity index (χ4v) is 11.9. The zero-order valence-electron chi connectivity index (χ0n) is 32.4. The third-order valence-electron chi connectivity index (χ3n) is 14.8. The molecule has 20 atom stereocenters. The van der Waals surface area contributed by atoms with E-state index < -0.39 is 96.0 Å². The quantitative estimate of drug-likeness (QED) is 0.123. The third-order valence-corrected chi connectivity index (χ3v) is 14.8. The van der Waals surface area contributed by atoms with Crippen molar-refractivity contribution in [2.45, 2.75) is 158 Å². The van der Waals surface area contributed by atoms with Gasteiger partial charge in [0.15, 0.2) is 12.6 Å². The predicted octanol–water partition coefficient (Wildman–Crippen LogP) is 0.525. The van der Waals surface area contributed by atoms with Crippen molar-refractivity contribution in [3.8, 4) is 0 Å². The van der Waals surface area contributed by atoms with E-state index >= 15 is 0 Å². The van der Waals surface area contributed by atoms with Crippen LogP contribution in [0.3, 0.4) is 0 Å². The van der Waals surface area contributed by atoms with Gasteiger partial charge in [0.2, 0.25) is 0 Å². The first-order valence-corrected chi connectivity index (χ1v) is 20.0. The molecule has 14 nitrogen and oxygen atoms in total. The summed E-state index contributed by atoms with van der Waals surface area (Å²) in [4.78, 5) is 0. The fourth-order valence-electron chi connectivity index (χ4n) is 11.9. The van der Waals surface area contributed by atoms with Gasteiger partial charge >= 0.3 is 0 Å². The van der Waals surface area contributed by atoms with E-state index in [-0.39, 0.29) is 49.9 Å². The molecule has 3 saturated carbocycles. The van der Waals surface area contributed by atoms with Crippen LogP contribution in [0.15, 0.2) is 23.8 Å². The van der Waals surface area contributed by atoms with Crippen LogP contribution in [-0.4, -0.2) is 152 Å². The Morgan fingerprint density at radius 1 is 0.870 bits per heavy atom. The molecule has 6 rings (SSSR count). The third kappa shape index (κ3) is 7.40. The summed E-state index contributed by atoms with van der Waals surface area (Å²) < 4.78 is 28.4. The molecule has 0 bridgehead atoms. The lowest BCUT2D eigenvalue weighted by molar-refractivity contribution is -0.285. The van der Waals surface area contributed by atoms with Crippen molar-refractivity contribution in [3.05, 3.63) is 23.8 Å². The number of aliphatic hydroxyl groups excluding tert-OH is 8. The average molecular weight is 771 g/mol. The van der Waals surface area contributed by atoms with Gasteiger partial charge in [0.05, 0.1) is 49.8 Å². The Bertz CT molecular complexity index is 1350. The smallest absolute Gasteiger partial charge is 0.187 e. The maximum atomic E-state index is 12.8. The van der Waals surface area contributed by atoms with Crippen LogP contribution in [0.5, 0.6) is 0 Å². The number of hydrogen-bond donors (Lipinski definition) is 9. The minimum absolute atomic E-state index is 0.0163. The first-order valence-electron chi connectivity index (χ1n) is 20.0. The summed E-state index contributed by atoms with van der Waals surface area (Å²) in [6.07, 6.45) is -6.11. The lowest BCUT2D eigenvalue weighted by Crippen LogP contribution is -2.66. The SMILES string of the molecule is C=C(C)C(CCOC1OCC(O)C(O)C1O)CCC(C)C1C(O)C(O)C2C1(C)CCC1C3(C)CCC(OC4OCC(O)C(O)C4OC)C=C3C(O)CC12O. The summed E-state index contributed by atoms with van der Waals surface area (Å²) in [6, 6.07) is 0. The van der Waals surface area contributed by atoms with E-state index in [0.717, 1.165) is 24.0 Å². The lowest BCUT2D eigenvalue weighted by Gasteiger charge is -2.64. The average Bonchev–Trinajstić information content (AvgIpc) is 3.32. The Balaban J connectivity index is 1.12. The first-order chi connectivity index (χ1) is 25.4. The van der Waals surface area contributed by atoms with Gasteiger partial charge in [-0.2, -0.15) is 0 Å². The molecule has 2 saturated heterocycles. The molecule has 14 heteroatoms. The van der Waals surface area contributed by atoms with Crippen LogP contribution in [0, 0.1) is 40.4 Å². The number of fused-ring (bicyclic) bond motifs is 5. The van der Waals surface area contributed by atoms with Crippen LogP contribution in [-0.2, 0) is 23.7 Å². The summed E-state index contributed by atoms with van der Waals surface area (Å²) in [5, 5.41) is 98.6. The molecular formula is C40H66O14. The molecule has 20 unspecified atom stereocenters. The molecule has 0 amide bonds. The molecule has 4 aliphatic carbocycles. The standard InChI is InChI=1S/C40H66O14/c1-19(2)21(11-14-51-36-33(48)29(44)25(42)17-52-36)8-7-20(3)28-31(46)32(47)35-39(28,5)13-10-27-38(4)12-9-22(15-23(38)24(41)16-40(27,35)49)54-37-34(50-6)30(45)26(43)18-53-37/h15,20-22,24-37,41-49H,1,7-14,16-18H2,2-6H3. The minimum atomic E-state index is -1.43. The number of hydrogen-bond acceptors (Lipinski definition) is 14. The number of methoxy groups -OCH3 is 1. The highest BCUT2D eigenvalue weighted by Crippen LogP contribution is 2.69. The van der Waals surface area contributed by atoms with E-state index in [4.69, 9.17) is 23.7 Å². The van der Waals surface area contributed by atoms with Crippen molar-refractivity contribution in [1.29, 1.82) is 0 Å². The first kappa shape index (κ1) is 42.5. The summed E-state index contributed by atoms with van der Waals surface area (Å²) in [5.41, 5.74) is -0.858. The number of aliphatic hydroxyl groups is 9. The maximum Gasteiger partial charge on any atom is 0.187 e. The van der Waals surface area contributed by atoms with E-state index in [1.807, 2.05) is 13.0 Å². The summed E-state index contributed by atoms with van der Waals surface area (Å²) >= 11 is 0. The number of allylic oxidation sites excluding steroid dienone is 1. The molecular weight excluding hydrogens is 704 g/mol. The van der Waals surface area contributed by atoms with E-state index in [0.29, 0.717) is 32.1 Å². The molecule has 310 valence electrons. The van der Waals surface area contributed by atoms with Gasteiger partial charge in [0.25, 0.3) is 0 Å². The second-order valence-corrected chi connectivity index (χ2v) is 18.0. The second-order valence-electron chi connectivity index (χ2n) is 18.0. The van der Waals surface area contributed by atoms with Gasteiger partial charge in [0, 0.05) is 19.4 Å². The molecule has 6 aliphatic rings. The Kier molecular flexibility index (Phi) is 12.8. The Morgan fingerprint density at radius 3 is 2.20 bits per heavy atom. The Hall–Kier alpha value is -1.08. The van der Waals surface area contributed by atoms with E-state index in [2.05, 4.69) is 27.4 Å². The lowest BCUT2D eigenvalue weighted by atomic mass is 9.43. The highest BCUT2D eigenvalue weighted by Gasteiger charge is 2.72. The van der Waals surface area contributed by atoms with Crippen LogP contribution in [0.4, 0.5) is 0 Å². The maximum absolute atomic E-state index is 12.8. The Morgan fingerprint density at radius 2 is 1.54 bits per heavy atom. The molecule has 0 radical (unpaired) electrons. The molecule has 0 aromatic carbocycles. The van der Waals surface area contributed by atoms with Gasteiger partial charge in [-0.05, 0) is 91.9 Å². The molecule has 2 aliphatic heterocycles. The second kappa shape index (κ2) is 16.3. The van der Waals surface area contributed by atoms with Crippen LogP contribution in [0.25, 0.3) is 0 Å². The highest BCUT2D eigenvalue weighted by molar-refractivity contribution is 5.33. The molecule has 0 aromatic heterocycles. The van der Waals surface area contributed by atoms with Crippen LogP contribution >= 0.6 is 0 Å². The van der Waals surface area contributed by atoms with Crippen LogP contribution in [0.2, 0.25) is 0 Å². The van der Waals surface area contributed by atoms with Gasteiger partial charge in [-0.15, -0.1) is 0 Å². The molecule has 0 spiro atoms. The summed E-state index contributed by atoms with van der Waals surface area (Å²) in [5.74, 6) is -1.17. The normalized spacial score (nSPS) is 50.3. The minimum Gasteiger partial charge on any atom is -0.390 e. The van der Waals surface area contributed by atoms with Crippen molar-refractivity contribution in [2.24, 2.45) is 40.4 Å². The van der Waals surface area contributed by atoms with Crippen molar-refractivity contribution < 1.29 is 69.6 Å². The largest absolute Gasteiger partial charge is 0.390 e. The van der Waals surface area contributed by atoms with E-state index in [1.54, 1.807) is 0 Å². The number of ether oxygens (including phenoxy) is 5. The van der Waals surface area contributed by atoms with Gasteiger partial charge in [-0.25, -0.2) is 0 Å². The van der Waals surface area contributed by atoms with Crippen LogP contribution in [0.1, 0.15) is 79.1 Å². The van der Waals surface area contributed by atoms with E-state index in [9.17, 15) is 46.0 Å². The van der Waals surface area contributed by atoms with Crippen molar-refractivity contribution in [3.63, 3.8) is 0 Å². The molecule has 5 fully saturated rings. The highest BCUT2D eigenvalue weighted by atomic mass is 16.7. The zero-order valence-corrected chi connectivity index (χ0v) is 32.4. The van der Waals surface area contributed by atoms with Gasteiger partial charge < -0.3 is 69.6 Å². The monoisotopic (exact) mass is 770 g/mol. The topological polar surface area (TPSA) is 228 Å².